The normalized spacial score (nSPS) is 17.2. The number of ether oxygens (including phenoxy) is 1. The zero-order chi connectivity index (χ0) is 21.1. The van der Waals surface area contributed by atoms with E-state index in [0.717, 1.165) is 66.7 Å². The third-order valence-corrected chi connectivity index (χ3v) is 6.18. The smallest absolute Gasteiger partial charge is 0.317 e. The van der Waals surface area contributed by atoms with E-state index in [4.69, 9.17) is 4.74 Å². The Labute approximate surface area is 177 Å². The highest BCUT2D eigenvalue weighted by Gasteiger charge is 2.30. The van der Waals surface area contributed by atoms with E-state index in [1.807, 2.05) is 43.1 Å². The SMILES string of the molecule is COc1ccc2[nH]cc(CCNC(=O)N3CCCCCC3c3c(C)n[nH]c3C)c2c1. The molecule has 4 rings (SSSR count). The summed E-state index contributed by atoms with van der Waals surface area (Å²) in [4.78, 5) is 18.4. The Bertz CT molecular complexity index is 1000. The molecule has 0 radical (unpaired) electrons. The van der Waals surface area contributed by atoms with Crippen LogP contribution in [0.1, 0.15) is 54.2 Å². The fraction of sp³-hybridized carbons (Fsp3) is 0.478. The number of carbonyl (C=O) groups excluding carboxylic acids is 1. The fourth-order valence-electron chi connectivity index (χ4n) is 4.60. The minimum atomic E-state index is 0.0133. The molecule has 3 N–H and O–H groups in total. The number of fused-ring (bicyclic) bond motifs is 1. The average molecular weight is 410 g/mol. The minimum Gasteiger partial charge on any atom is -0.497 e. The number of hydrogen-bond donors (Lipinski definition) is 3. The van der Waals surface area contributed by atoms with Gasteiger partial charge in [-0.2, -0.15) is 5.10 Å². The van der Waals surface area contributed by atoms with Crippen molar-refractivity contribution < 1.29 is 9.53 Å². The van der Waals surface area contributed by atoms with Gasteiger partial charge in [0.25, 0.3) is 0 Å². The fourth-order valence-corrected chi connectivity index (χ4v) is 4.60. The van der Waals surface area contributed by atoms with Crippen molar-refractivity contribution in [2.45, 2.75) is 52.0 Å². The number of amides is 2. The van der Waals surface area contributed by atoms with Gasteiger partial charge in [0.05, 0.1) is 18.8 Å². The predicted octanol–water partition coefficient (Wildman–Crippen LogP) is 4.39. The van der Waals surface area contributed by atoms with Gasteiger partial charge in [0.1, 0.15) is 5.75 Å². The summed E-state index contributed by atoms with van der Waals surface area (Å²) in [6.45, 7) is 5.44. The standard InChI is InChI=1S/C23H31N5O2/c1-15-22(16(2)27-26-15)21-7-5-4-6-12-28(21)23(29)24-11-10-17-14-25-20-9-8-18(30-3)13-19(17)20/h8-9,13-14,21,25H,4-7,10-12H2,1-3H3,(H,24,29)(H,26,27). The molecule has 2 aromatic heterocycles. The number of hydrogen-bond acceptors (Lipinski definition) is 3. The lowest BCUT2D eigenvalue weighted by molar-refractivity contribution is 0.175. The van der Waals surface area contributed by atoms with Gasteiger partial charge in [0.2, 0.25) is 0 Å². The van der Waals surface area contributed by atoms with Crippen LogP contribution in [0.4, 0.5) is 4.79 Å². The molecule has 0 spiro atoms. The molecule has 1 saturated heterocycles. The Morgan fingerprint density at radius 1 is 1.30 bits per heavy atom. The van der Waals surface area contributed by atoms with E-state index < -0.39 is 0 Å². The zero-order valence-electron chi connectivity index (χ0n) is 18.0. The average Bonchev–Trinajstić information content (AvgIpc) is 3.20. The van der Waals surface area contributed by atoms with Crippen molar-refractivity contribution in [1.29, 1.82) is 0 Å². The highest BCUT2D eigenvalue weighted by atomic mass is 16.5. The van der Waals surface area contributed by atoms with Gasteiger partial charge in [-0.25, -0.2) is 4.79 Å². The number of aryl methyl sites for hydroxylation is 2. The molecule has 160 valence electrons. The van der Waals surface area contributed by atoms with Crippen LogP contribution in [0, 0.1) is 13.8 Å². The molecule has 30 heavy (non-hydrogen) atoms. The second kappa shape index (κ2) is 8.81. The lowest BCUT2D eigenvalue weighted by Gasteiger charge is -2.30. The molecule has 0 saturated carbocycles. The Morgan fingerprint density at radius 2 is 2.17 bits per heavy atom. The molecular weight excluding hydrogens is 378 g/mol. The number of urea groups is 1. The monoisotopic (exact) mass is 409 g/mol. The molecule has 1 atom stereocenters. The highest BCUT2D eigenvalue weighted by molar-refractivity contribution is 5.84. The van der Waals surface area contributed by atoms with Crippen molar-refractivity contribution in [3.63, 3.8) is 0 Å². The van der Waals surface area contributed by atoms with E-state index >= 15 is 0 Å². The van der Waals surface area contributed by atoms with E-state index in [-0.39, 0.29) is 12.1 Å². The van der Waals surface area contributed by atoms with Crippen molar-refractivity contribution >= 4 is 16.9 Å². The Morgan fingerprint density at radius 3 is 2.93 bits per heavy atom. The van der Waals surface area contributed by atoms with E-state index in [2.05, 4.69) is 20.5 Å². The molecule has 1 aliphatic heterocycles. The van der Waals surface area contributed by atoms with Crippen LogP contribution >= 0.6 is 0 Å². The van der Waals surface area contributed by atoms with Crippen LogP contribution in [-0.2, 0) is 6.42 Å². The van der Waals surface area contributed by atoms with Crippen molar-refractivity contribution in [2.75, 3.05) is 20.2 Å². The topological polar surface area (TPSA) is 86.0 Å². The molecule has 3 heterocycles. The lowest BCUT2D eigenvalue weighted by Crippen LogP contribution is -2.43. The van der Waals surface area contributed by atoms with Crippen molar-refractivity contribution in [3.05, 3.63) is 46.9 Å². The molecule has 1 aromatic carbocycles. The summed E-state index contributed by atoms with van der Waals surface area (Å²) >= 11 is 0. The van der Waals surface area contributed by atoms with Gasteiger partial charge in [0.15, 0.2) is 0 Å². The number of nitrogens with zero attached hydrogens (tertiary/aromatic N) is 2. The third-order valence-electron chi connectivity index (χ3n) is 6.18. The van der Waals surface area contributed by atoms with Crippen LogP contribution < -0.4 is 10.1 Å². The molecule has 0 aliphatic carbocycles. The first-order chi connectivity index (χ1) is 14.6. The van der Waals surface area contributed by atoms with Gasteiger partial charge in [-0.1, -0.05) is 12.8 Å². The molecule has 3 aromatic rings. The molecule has 1 fully saturated rings. The van der Waals surface area contributed by atoms with Gasteiger partial charge in [-0.15, -0.1) is 0 Å². The molecular formula is C23H31N5O2. The van der Waals surface area contributed by atoms with Crippen LogP contribution in [-0.4, -0.2) is 46.3 Å². The lowest BCUT2D eigenvalue weighted by atomic mass is 9.99. The quantitative estimate of drug-likeness (QED) is 0.584. The summed E-state index contributed by atoms with van der Waals surface area (Å²) in [6, 6.07) is 6.11. The number of nitrogens with one attached hydrogen (secondary N) is 3. The first-order valence-corrected chi connectivity index (χ1v) is 10.8. The second-order valence-corrected chi connectivity index (χ2v) is 8.11. The summed E-state index contributed by atoms with van der Waals surface area (Å²) in [6.07, 6.45) is 7.10. The third kappa shape index (κ3) is 4.01. The van der Waals surface area contributed by atoms with E-state index in [1.165, 1.54) is 11.1 Å². The first-order valence-electron chi connectivity index (χ1n) is 10.8. The maximum absolute atomic E-state index is 13.1. The zero-order valence-corrected chi connectivity index (χ0v) is 18.0. The second-order valence-electron chi connectivity index (χ2n) is 8.11. The maximum atomic E-state index is 13.1. The van der Waals surface area contributed by atoms with Gasteiger partial charge in [-0.05, 0) is 56.9 Å². The van der Waals surface area contributed by atoms with Crippen LogP contribution in [0.2, 0.25) is 0 Å². The number of carbonyl (C=O) groups is 1. The molecule has 1 aliphatic rings. The number of benzene rings is 1. The van der Waals surface area contributed by atoms with Crippen LogP contribution in [0.25, 0.3) is 10.9 Å². The summed E-state index contributed by atoms with van der Waals surface area (Å²) in [5.74, 6) is 0.839. The van der Waals surface area contributed by atoms with Gasteiger partial charge < -0.3 is 19.9 Å². The Kier molecular flexibility index (Phi) is 5.97. The number of likely N-dealkylation sites (tertiary alicyclic amines) is 1. The summed E-state index contributed by atoms with van der Waals surface area (Å²) in [7, 11) is 1.68. The Hall–Kier alpha value is -2.96. The molecule has 2 amide bonds. The largest absolute Gasteiger partial charge is 0.497 e. The molecule has 7 nitrogen and oxygen atoms in total. The Balaban J connectivity index is 1.44. The predicted molar refractivity (Wildman–Crippen MR) is 118 cm³/mol. The number of methoxy groups -OCH3 is 1. The van der Waals surface area contributed by atoms with E-state index in [0.29, 0.717) is 6.54 Å². The summed E-state index contributed by atoms with van der Waals surface area (Å²) in [5.41, 5.74) is 5.49. The van der Waals surface area contributed by atoms with E-state index in [1.54, 1.807) is 7.11 Å². The maximum Gasteiger partial charge on any atom is 0.317 e. The molecule has 1 unspecified atom stereocenters. The summed E-state index contributed by atoms with van der Waals surface area (Å²) in [5, 5.41) is 11.7. The number of aromatic nitrogens is 3. The summed E-state index contributed by atoms with van der Waals surface area (Å²) < 4.78 is 5.35. The number of H-pyrrole nitrogens is 2. The van der Waals surface area contributed by atoms with Gasteiger partial charge in [0, 0.05) is 41.4 Å². The van der Waals surface area contributed by atoms with E-state index in [9.17, 15) is 4.79 Å². The van der Waals surface area contributed by atoms with Crippen molar-refractivity contribution in [3.8, 4) is 5.75 Å². The first kappa shape index (κ1) is 20.3. The van der Waals surface area contributed by atoms with Gasteiger partial charge >= 0.3 is 6.03 Å². The minimum absolute atomic E-state index is 0.0133. The van der Waals surface area contributed by atoms with Gasteiger partial charge in [-0.3, -0.25) is 5.10 Å². The molecule has 0 bridgehead atoms. The number of aromatic amines is 2. The molecule has 7 heteroatoms. The van der Waals surface area contributed by atoms with Crippen molar-refractivity contribution in [1.82, 2.24) is 25.4 Å². The number of rotatable bonds is 5. The highest BCUT2D eigenvalue weighted by Crippen LogP contribution is 2.33. The van der Waals surface area contributed by atoms with Crippen LogP contribution in [0.15, 0.2) is 24.4 Å². The van der Waals surface area contributed by atoms with Crippen molar-refractivity contribution in [2.24, 2.45) is 0 Å². The van der Waals surface area contributed by atoms with Crippen LogP contribution in [0.5, 0.6) is 5.75 Å². The van der Waals surface area contributed by atoms with Crippen LogP contribution in [0.3, 0.4) is 0 Å².